The van der Waals surface area contributed by atoms with Gasteiger partial charge in [0.1, 0.15) is 11.6 Å². The molecule has 0 radical (unpaired) electrons. The molecule has 8 heteroatoms. The van der Waals surface area contributed by atoms with Crippen LogP contribution in [0.2, 0.25) is 0 Å². The summed E-state index contributed by atoms with van der Waals surface area (Å²) in [5.41, 5.74) is 2.30. The summed E-state index contributed by atoms with van der Waals surface area (Å²) in [7, 11) is 0. The van der Waals surface area contributed by atoms with E-state index < -0.39 is 5.82 Å². The van der Waals surface area contributed by atoms with Crippen molar-refractivity contribution < 1.29 is 13.6 Å². The smallest absolute Gasteiger partial charge is 0.230 e. The Morgan fingerprint density at radius 2 is 1.91 bits per heavy atom. The minimum absolute atomic E-state index is 0.137. The van der Waals surface area contributed by atoms with Gasteiger partial charge in [0.25, 0.3) is 0 Å². The number of nitrogens with one attached hydrogen (secondary N) is 1. The molecular formula is C26H23F2N5O. The second-order valence-corrected chi connectivity index (χ2v) is 8.03. The van der Waals surface area contributed by atoms with Crippen LogP contribution < -0.4 is 10.2 Å². The number of benzene rings is 2. The zero-order chi connectivity index (χ0) is 24.1. The number of hydrogen-bond acceptors (Lipinski definition) is 5. The van der Waals surface area contributed by atoms with Crippen molar-refractivity contribution in [2.75, 3.05) is 23.3 Å². The largest absolute Gasteiger partial charge is 0.369 e. The Morgan fingerprint density at radius 3 is 2.65 bits per heavy atom. The first-order valence-electron chi connectivity index (χ1n) is 11.0. The Labute approximate surface area is 196 Å². The van der Waals surface area contributed by atoms with E-state index >= 15 is 0 Å². The van der Waals surface area contributed by atoms with E-state index in [2.05, 4.69) is 26.7 Å². The number of piperidine rings is 1. The number of rotatable bonds is 7. The number of carbonyl (C=O) groups excluding carboxylic acids is 1. The van der Waals surface area contributed by atoms with Crippen molar-refractivity contribution in [3.05, 3.63) is 83.9 Å². The Balaban J connectivity index is 1.65. The fourth-order valence-corrected chi connectivity index (χ4v) is 3.94. The molecule has 1 fully saturated rings. The Morgan fingerprint density at radius 1 is 1.15 bits per heavy atom. The molecule has 0 spiro atoms. The molecule has 4 rings (SSSR count). The van der Waals surface area contributed by atoms with Crippen molar-refractivity contribution in [3.8, 4) is 11.3 Å². The minimum Gasteiger partial charge on any atom is -0.369 e. The average Bonchev–Trinajstić information content (AvgIpc) is 2.87. The van der Waals surface area contributed by atoms with Crippen molar-refractivity contribution in [2.24, 2.45) is 0 Å². The maximum Gasteiger partial charge on any atom is 0.230 e. The third-order valence-electron chi connectivity index (χ3n) is 5.70. The highest BCUT2D eigenvalue weighted by molar-refractivity contribution is 5.91. The van der Waals surface area contributed by atoms with Gasteiger partial charge in [0.15, 0.2) is 5.78 Å². The number of hydrogen-bond donors (Lipinski definition) is 1. The molecule has 1 aromatic heterocycles. The van der Waals surface area contributed by atoms with E-state index in [1.807, 2.05) is 4.90 Å². The van der Waals surface area contributed by atoms with Gasteiger partial charge in [0.05, 0.1) is 18.0 Å². The van der Waals surface area contributed by atoms with Gasteiger partial charge in [0.2, 0.25) is 11.6 Å². The molecule has 172 valence electrons. The van der Waals surface area contributed by atoms with Crippen LogP contribution in [-0.2, 0) is 11.2 Å². The predicted octanol–water partition coefficient (Wildman–Crippen LogP) is 6.00. The van der Waals surface area contributed by atoms with E-state index in [0.717, 1.165) is 38.4 Å². The van der Waals surface area contributed by atoms with Gasteiger partial charge >= 0.3 is 0 Å². The number of allylic oxidation sites excluding steroid dienone is 1. The summed E-state index contributed by atoms with van der Waals surface area (Å²) in [4.78, 5) is 25.9. The molecule has 1 aliphatic rings. The first-order valence-corrected chi connectivity index (χ1v) is 11.0. The standard InChI is InChI=1S/C26H23F2N5O/c1-3-20(34)14-18-13-17(7-9-21(18)27)25-23(29-2)16-30-26(32-25)31-19-8-10-22(28)24(15-19)33-11-5-4-6-12-33/h3,7-10,13,15-16H,1,4-6,11-12,14H2,(H,30,31,32). The number of carbonyl (C=O) groups is 1. The molecule has 34 heavy (non-hydrogen) atoms. The second kappa shape index (κ2) is 10.2. The SMILES string of the molecule is [C-]#[N+]c1cnc(Nc2ccc(F)c(N3CCCCC3)c2)nc1-c1ccc(F)c(CC(=O)C=C)c1. The maximum atomic E-state index is 14.5. The first kappa shape index (κ1) is 23.1. The summed E-state index contributed by atoms with van der Waals surface area (Å²) >= 11 is 0. The third-order valence-corrected chi connectivity index (χ3v) is 5.70. The van der Waals surface area contributed by atoms with Crippen LogP contribution in [-0.4, -0.2) is 28.8 Å². The van der Waals surface area contributed by atoms with Gasteiger partial charge < -0.3 is 10.2 Å². The van der Waals surface area contributed by atoms with Crippen molar-refractivity contribution in [1.82, 2.24) is 9.97 Å². The molecule has 2 aromatic carbocycles. The number of nitrogens with zero attached hydrogens (tertiary/aromatic N) is 4. The lowest BCUT2D eigenvalue weighted by molar-refractivity contribution is -0.114. The molecule has 2 heterocycles. The molecule has 0 aliphatic carbocycles. The quantitative estimate of drug-likeness (QED) is 0.347. The highest BCUT2D eigenvalue weighted by Gasteiger charge is 2.17. The fourth-order valence-electron chi connectivity index (χ4n) is 3.94. The number of anilines is 3. The zero-order valence-corrected chi connectivity index (χ0v) is 18.5. The van der Waals surface area contributed by atoms with Gasteiger partial charge in [-0.1, -0.05) is 12.6 Å². The van der Waals surface area contributed by atoms with E-state index in [0.29, 0.717) is 22.6 Å². The highest BCUT2D eigenvalue weighted by atomic mass is 19.1. The van der Waals surface area contributed by atoms with Crippen molar-refractivity contribution >= 4 is 28.8 Å². The van der Waals surface area contributed by atoms with Crippen LogP contribution in [0.25, 0.3) is 16.1 Å². The highest BCUT2D eigenvalue weighted by Crippen LogP contribution is 2.32. The molecule has 1 saturated heterocycles. The first-order chi connectivity index (χ1) is 16.5. The van der Waals surface area contributed by atoms with Crippen LogP contribution in [0.1, 0.15) is 24.8 Å². The maximum absolute atomic E-state index is 14.5. The summed E-state index contributed by atoms with van der Waals surface area (Å²) in [6.45, 7) is 12.5. The van der Waals surface area contributed by atoms with E-state index in [-0.39, 0.29) is 35.2 Å². The molecular weight excluding hydrogens is 436 g/mol. The van der Waals surface area contributed by atoms with Crippen LogP contribution in [0.3, 0.4) is 0 Å². The average molecular weight is 460 g/mol. The van der Waals surface area contributed by atoms with Crippen LogP contribution in [0, 0.1) is 18.2 Å². The van der Waals surface area contributed by atoms with Crippen LogP contribution in [0.4, 0.5) is 31.8 Å². The lowest BCUT2D eigenvalue weighted by Gasteiger charge is -2.29. The molecule has 0 atom stereocenters. The van der Waals surface area contributed by atoms with Gasteiger partial charge in [-0.3, -0.25) is 4.79 Å². The molecule has 0 saturated carbocycles. The van der Waals surface area contributed by atoms with Crippen LogP contribution >= 0.6 is 0 Å². The molecule has 1 aliphatic heterocycles. The number of aromatic nitrogens is 2. The van der Waals surface area contributed by atoms with Crippen molar-refractivity contribution in [3.63, 3.8) is 0 Å². The lowest BCUT2D eigenvalue weighted by Crippen LogP contribution is -2.30. The van der Waals surface area contributed by atoms with E-state index in [4.69, 9.17) is 6.57 Å². The molecule has 3 aromatic rings. The zero-order valence-electron chi connectivity index (χ0n) is 18.5. The van der Waals surface area contributed by atoms with E-state index in [9.17, 15) is 13.6 Å². The monoisotopic (exact) mass is 459 g/mol. The van der Waals surface area contributed by atoms with Gasteiger partial charge in [-0.05, 0) is 66.8 Å². The number of ketones is 1. The fraction of sp³-hybridized carbons (Fsp3) is 0.231. The topological polar surface area (TPSA) is 62.5 Å². The molecule has 0 unspecified atom stereocenters. The van der Waals surface area contributed by atoms with Crippen molar-refractivity contribution in [2.45, 2.75) is 25.7 Å². The Hall–Kier alpha value is -4.12. The van der Waals surface area contributed by atoms with Gasteiger partial charge in [-0.2, -0.15) is 0 Å². The molecule has 1 N–H and O–H groups in total. The predicted molar refractivity (Wildman–Crippen MR) is 128 cm³/mol. The third kappa shape index (κ3) is 5.09. The summed E-state index contributed by atoms with van der Waals surface area (Å²) in [5.74, 6) is -0.906. The summed E-state index contributed by atoms with van der Waals surface area (Å²) in [5, 5.41) is 3.08. The molecule has 0 bridgehead atoms. The second-order valence-electron chi connectivity index (χ2n) is 8.03. The van der Waals surface area contributed by atoms with Crippen LogP contribution in [0.5, 0.6) is 0 Å². The van der Waals surface area contributed by atoms with E-state index in [1.54, 1.807) is 12.1 Å². The van der Waals surface area contributed by atoms with Gasteiger partial charge in [0, 0.05) is 31.4 Å². The van der Waals surface area contributed by atoms with Gasteiger partial charge in [-0.25, -0.2) is 23.6 Å². The van der Waals surface area contributed by atoms with Gasteiger partial charge in [-0.15, -0.1) is 0 Å². The minimum atomic E-state index is -0.521. The summed E-state index contributed by atoms with van der Waals surface area (Å²) in [6, 6.07) is 8.99. The number of halogens is 2. The summed E-state index contributed by atoms with van der Waals surface area (Å²) in [6.07, 6.45) is 5.59. The summed E-state index contributed by atoms with van der Waals surface area (Å²) < 4.78 is 28.7. The Kier molecular flexibility index (Phi) is 6.93. The lowest BCUT2D eigenvalue weighted by atomic mass is 10.0. The normalized spacial score (nSPS) is 13.3. The molecule has 0 amide bonds. The van der Waals surface area contributed by atoms with E-state index in [1.165, 1.54) is 30.5 Å². The van der Waals surface area contributed by atoms with Crippen molar-refractivity contribution in [1.29, 1.82) is 0 Å². The van der Waals surface area contributed by atoms with Crippen LogP contribution in [0.15, 0.2) is 55.3 Å². The Bertz CT molecular complexity index is 1280. The molecule has 6 nitrogen and oxygen atoms in total.